The predicted molar refractivity (Wildman–Crippen MR) is 55.2 cm³/mol. The summed E-state index contributed by atoms with van der Waals surface area (Å²) < 4.78 is 0. The van der Waals surface area contributed by atoms with Gasteiger partial charge in [-0.25, -0.2) is 0 Å². The molecule has 1 fully saturated rings. The van der Waals surface area contributed by atoms with Crippen LogP contribution in [-0.2, 0) is 0 Å². The van der Waals surface area contributed by atoms with Crippen molar-refractivity contribution < 1.29 is 0 Å². The van der Waals surface area contributed by atoms with E-state index in [4.69, 9.17) is 0 Å². The Morgan fingerprint density at radius 3 is 2.50 bits per heavy atom. The van der Waals surface area contributed by atoms with Crippen molar-refractivity contribution in [3.05, 3.63) is 0 Å². The molecular formula is C12H24. The van der Waals surface area contributed by atoms with E-state index in [0.29, 0.717) is 5.41 Å². The minimum absolute atomic E-state index is 0.676. The Morgan fingerprint density at radius 1 is 1.33 bits per heavy atom. The summed E-state index contributed by atoms with van der Waals surface area (Å²) in [7, 11) is 0. The third kappa shape index (κ3) is 1.67. The Kier molecular flexibility index (Phi) is 3.20. The SMILES string of the molecule is CCCC1C(C)CCC1(C)CC. The standard InChI is InChI=1S/C12H24/c1-5-7-11-10(3)8-9-12(11,4)6-2/h10-11H,5-9H2,1-4H3. The second kappa shape index (κ2) is 3.81. The van der Waals surface area contributed by atoms with Crippen LogP contribution in [0.2, 0.25) is 0 Å². The summed E-state index contributed by atoms with van der Waals surface area (Å²) in [5.41, 5.74) is 0.676. The highest BCUT2D eigenvalue weighted by atomic mass is 14.5. The van der Waals surface area contributed by atoms with Crippen molar-refractivity contribution in [1.29, 1.82) is 0 Å². The Bertz CT molecular complexity index is 139. The number of rotatable bonds is 3. The van der Waals surface area contributed by atoms with Crippen LogP contribution in [0.1, 0.15) is 59.8 Å². The van der Waals surface area contributed by atoms with Gasteiger partial charge in [0.15, 0.2) is 0 Å². The van der Waals surface area contributed by atoms with Gasteiger partial charge in [-0.05, 0) is 36.5 Å². The van der Waals surface area contributed by atoms with Crippen LogP contribution in [0, 0.1) is 17.3 Å². The quantitative estimate of drug-likeness (QED) is 0.591. The monoisotopic (exact) mass is 168 g/mol. The molecule has 0 saturated heterocycles. The van der Waals surface area contributed by atoms with Gasteiger partial charge in [0.1, 0.15) is 0 Å². The van der Waals surface area contributed by atoms with E-state index in [1.807, 2.05) is 0 Å². The molecule has 0 radical (unpaired) electrons. The zero-order valence-corrected chi connectivity index (χ0v) is 9.19. The lowest BCUT2D eigenvalue weighted by atomic mass is 9.73. The van der Waals surface area contributed by atoms with E-state index in [1.54, 1.807) is 0 Å². The van der Waals surface area contributed by atoms with Gasteiger partial charge in [-0.3, -0.25) is 0 Å². The fraction of sp³-hybridized carbons (Fsp3) is 1.00. The summed E-state index contributed by atoms with van der Waals surface area (Å²) in [5, 5.41) is 0. The van der Waals surface area contributed by atoms with Crippen LogP contribution < -0.4 is 0 Å². The largest absolute Gasteiger partial charge is 0.0654 e. The van der Waals surface area contributed by atoms with Gasteiger partial charge in [0.2, 0.25) is 0 Å². The third-order valence-electron chi connectivity index (χ3n) is 4.16. The first-order valence-corrected chi connectivity index (χ1v) is 5.64. The molecule has 0 heteroatoms. The average molecular weight is 168 g/mol. The summed E-state index contributed by atoms with van der Waals surface area (Å²) in [4.78, 5) is 0. The van der Waals surface area contributed by atoms with Gasteiger partial charge in [-0.15, -0.1) is 0 Å². The summed E-state index contributed by atoms with van der Waals surface area (Å²) in [6, 6.07) is 0. The molecular weight excluding hydrogens is 144 g/mol. The van der Waals surface area contributed by atoms with Gasteiger partial charge in [-0.1, -0.05) is 40.5 Å². The van der Waals surface area contributed by atoms with Crippen molar-refractivity contribution in [3.8, 4) is 0 Å². The summed E-state index contributed by atoms with van der Waals surface area (Å²) >= 11 is 0. The second-order valence-electron chi connectivity index (χ2n) is 4.92. The fourth-order valence-corrected chi connectivity index (χ4v) is 3.01. The van der Waals surface area contributed by atoms with E-state index in [9.17, 15) is 0 Å². The molecule has 0 spiro atoms. The molecule has 0 bridgehead atoms. The Labute approximate surface area is 77.7 Å². The molecule has 1 saturated carbocycles. The van der Waals surface area contributed by atoms with Crippen molar-refractivity contribution in [1.82, 2.24) is 0 Å². The molecule has 1 aliphatic carbocycles. The number of hydrogen-bond donors (Lipinski definition) is 0. The van der Waals surface area contributed by atoms with E-state index in [-0.39, 0.29) is 0 Å². The highest BCUT2D eigenvalue weighted by molar-refractivity contribution is 4.90. The molecule has 72 valence electrons. The summed E-state index contributed by atoms with van der Waals surface area (Å²) in [6.07, 6.45) is 7.13. The van der Waals surface area contributed by atoms with Gasteiger partial charge in [0, 0.05) is 0 Å². The first kappa shape index (κ1) is 10.1. The molecule has 0 aromatic carbocycles. The number of hydrogen-bond acceptors (Lipinski definition) is 0. The molecule has 0 heterocycles. The summed E-state index contributed by atoms with van der Waals surface area (Å²) in [5.74, 6) is 1.99. The highest BCUT2D eigenvalue weighted by Crippen LogP contribution is 2.50. The van der Waals surface area contributed by atoms with Crippen LogP contribution in [-0.4, -0.2) is 0 Å². The molecule has 0 amide bonds. The molecule has 0 aliphatic heterocycles. The van der Waals surface area contributed by atoms with Crippen LogP contribution >= 0.6 is 0 Å². The second-order valence-corrected chi connectivity index (χ2v) is 4.92. The molecule has 0 nitrogen and oxygen atoms in total. The van der Waals surface area contributed by atoms with Gasteiger partial charge in [-0.2, -0.15) is 0 Å². The van der Waals surface area contributed by atoms with Crippen molar-refractivity contribution in [3.63, 3.8) is 0 Å². The van der Waals surface area contributed by atoms with Crippen LogP contribution in [0.15, 0.2) is 0 Å². The fourth-order valence-electron chi connectivity index (χ4n) is 3.01. The van der Waals surface area contributed by atoms with Crippen LogP contribution in [0.3, 0.4) is 0 Å². The minimum Gasteiger partial charge on any atom is -0.0654 e. The molecule has 0 aromatic rings. The molecule has 12 heavy (non-hydrogen) atoms. The maximum Gasteiger partial charge on any atom is -0.0298 e. The lowest BCUT2D eigenvalue weighted by Crippen LogP contribution is -2.23. The zero-order valence-electron chi connectivity index (χ0n) is 9.19. The van der Waals surface area contributed by atoms with Crippen molar-refractivity contribution in [2.24, 2.45) is 17.3 Å². The van der Waals surface area contributed by atoms with E-state index in [1.165, 1.54) is 32.1 Å². The Balaban J connectivity index is 2.63. The maximum absolute atomic E-state index is 2.50. The third-order valence-corrected chi connectivity index (χ3v) is 4.16. The van der Waals surface area contributed by atoms with Crippen molar-refractivity contribution >= 4 is 0 Å². The molecule has 3 atom stereocenters. The van der Waals surface area contributed by atoms with Crippen molar-refractivity contribution in [2.45, 2.75) is 59.8 Å². The van der Waals surface area contributed by atoms with Crippen molar-refractivity contribution in [2.75, 3.05) is 0 Å². The average Bonchev–Trinajstić information content (AvgIpc) is 2.34. The highest BCUT2D eigenvalue weighted by Gasteiger charge is 2.40. The van der Waals surface area contributed by atoms with E-state index < -0.39 is 0 Å². The van der Waals surface area contributed by atoms with E-state index >= 15 is 0 Å². The lowest BCUT2D eigenvalue weighted by Gasteiger charge is -2.32. The van der Waals surface area contributed by atoms with E-state index in [2.05, 4.69) is 27.7 Å². The van der Waals surface area contributed by atoms with Gasteiger partial charge in [0.25, 0.3) is 0 Å². The summed E-state index contributed by atoms with van der Waals surface area (Å²) in [6.45, 7) is 9.62. The molecule has 0 aromatic heterocycles. The van der Waals surface area contributed by atoms with Gasteiger partial charge >= 0.3 is 0 Å². The Hall–Kier alpha value is 0. The van der Waals surface area contributed by atoms with Crippen LogP contribution in [0.4, 0.5) is 0 Å². The predicted octanol–water partition coefficient (Wildman–Crippen LogP) is 4.25. The molecule has 0 N–H and O–H groups in total. The van der Waals surface area contributed by atoms with E-state index in [0.717, 1.165) is 11.8 Å². The molecule has 1 aliphatic rings. The topological polar surface area (TPSA) is 0 Å². The first-order valence-electron chi connectivity index (χ1n) is 5.64. The van der Waals surface area contributed by atoms with Crippen LogP contribution in [0.5, 0.6) is 0 Å². The zero-order chi connectivity index (χ0) is 9.19. The normalized spacial score (nSPS) is 42.0. The smallest absolute Gasteiger partial charge is 0.0298 e. The molecule has 3 unspecified atom stereocenters. The Morgan fingerprint density at radius 2 is 2.00 bits per heavy atom. The maximum atomic E-state index is 2.50. The van der Waals surface area contributed by atoms with Gasteiger partial charge < -0.3 is 0 Å². The lowest BCUT2D eigenvalue weighted by molar-refractivity contribution is 0.178. The van der Waals surface area contributed by atoms with Gasteiger partial charge in [0.05, 0.1) is 0 Å². The molecule has 1 rings (SSSR count). The first-order chi connectivity index (χ1) is 5.64. The van der Waals surface area contributed by atoms with Crippen LogP contribution in [0.25, 0.3) is 0 Å². The minimum atomic E-state index is 0.676.